The van der Waals surface area contributed by atoms with E-state index in [1.165, 1.54) is 10.9 Å². The van der Waals surface area contributed by atoms with E-state index in [1.54, 1.807) is 17.5 Å². The van der Waals surface area contributed by atoms with Crippen LogP contribution in [0.5, 0.6) is 0 Å². The SMILES string of the molecule is Cn1cc(S(=O)(=O)N(CCBr)C2CC2)cn1. The minimum atomic E-state index is -3.36. The summed E-state index contributed by atoms with van der Waals surface area (Å²) in [6.07, 6.45) is 4.87. The second-order valence-corrected chi connectivity index (χ2v) is 6.57. The number of rotatable bonds is 5. The van der Waals surface area contributed by atoms with E-state index in [4.69, 9.17) is 0 Å². The highest BCUT2D eigenvalue weighted by Gasteiger charge is 2.37. The van der Waals surface area contributed by atoms with Crippen LogP contribution in [0.3, 0.4) is 0 Å². The summed E-state index contributed by atoms with van der Waals surface area (Å²) in [6.45, 7) is 0.516. The van der Waals surface area contributed by atoms with E-state index < -0.39 is 10.0 Å². The van der Waals surface area contributed by atoms with E-state index in [-0.39, 0.29) is 10.9 Å². The maximum atomic E-state index is 12.3. The van der Waals surface area contributed by atoms with Crippen molar-refractivity contribution in [2.24, 2.45) is 7.05 Å². The molecule has 1 saturated carbocycles. The molecule has 0 bridgehead atoms. The number of hydrogen-bond acceptors (Lipinski definition) is 3. The van der Waals surface area contributed by atoms with Crippen LogP contribution < -0.4 is 0 Å². The summed E-state index contributed by atoms with van der Waals surface area (Å²) in [5.74, 6) is 0. The average Bonchev–Trinajstić information content (AvgIpc) is 2.96. The Balaban J connectivity index is 2.28. The number of nitrogens with zero attached hydrogens (tertiary/aromatic N) is 3. The fourth-order valence-electron chi connectivity index (χ4n) is 1.61. The van der Waals surface area contributed by atoms with Gasteiger partial charge in [0.25, 0.3) is 0 Å². The van der Waals surface area contributed by atoms with Gasteiger partial charge in [0.15, 0.2) is 0 Å². The van der Waals surface area contributed by atoms with Gasteiger partial charge < -0.3 is 0 Å². The first-order valence-electron chi connectivity index (χ1n) is 5.12. The molecule has 7 heteroatoms. The highest BCUT2D eigenvalue weighted by atomic mass is 79.9. The van der Waals surface area contributed by atoms with Crippen LogP contribution in [0.15, 0.2) is 17.3 Å². The Kier molecular flexibility index (Phi) is 3.37. The van der Waals surface area contributed by atoms with Crippen LogP contribution in [0.4, 0.5) is 0 Å². The van der Waals surface area contributed by atoms with Gasteiger partial charge in [0, 0.05) is 31.2 Å². The molecule has 90 valence electrons. The number of halogens is 1. The highest BCUT2D eigenvalue weighted by molar-refractivity contribution is 9.09. The molecule has 2 rings (SSSR count). The van der Waals surface area contributed by atoms with Crippen molar-refractivity contribution in [2.45, 2.75) is 23.8 Å². The lowest BCUT2D eigenvalue weighted by atomic mass is 10.6. The van der Waals surface area contributed by atoms with Gasteiger partial charge in [-0.3, -0.25) is 4.68 Å². The maximum absolute atomic E-state index is 12.3. The molecule has 1 aromatic rings. The molecule has 0 aliphatic heterocycles. The van der Waals surface area contributed by atoms with Crippen molar-refractivity contribution in [3.8, 4) is 0 Å². The smallest absolute Gasteiger partial charge is 0.246 e. The summed E-state index contributed by atoms with van der Waals surface area (Å²) in [6, 6.07) is 0.183. The van der Waals surface area contributed by atoms with Crippen LogP contribution >= 0.6 is 15.9 Å². The topological polar surface area (TPSA) is 55.2 Å². The van der Waals surface area contributed by atoms with Gasteiger partial charge in [-0.05, 0) is 12.8 Å². The minimum absolute atomic E-state index is 0.183. The summed E-state index contributed by atoms with van der Waals surface area (Å²) in [5, 5.41) is 4.56. The monoisotopic (exact) mass is 307 g/mol. The van der Waals surface area contributed by atoms with Crippen LogP contribution in [0, 0.1) is 0 Å². The van der Waals surface area contributed by atoms with Crippen molar-refractivity contribution < 1.29 is 8.42 Å². The summed E-state index contributed by atoms with van der Waals surface area (Å²) >= 11 is 3.29. The fourth-order valence-corrected chi connectivity index (χ4v) is 3.90. The molecule has 0 radical (unpaired) electrons. The average molecular weight is 308 g/mol. The lowest BCUT2D eigenvalue weighted by Gasteiger charge is -2.19. The van der Waals surface area contributed by atoms with Crippen molar-refractivity contribution >= 4 is 26.0 Å². The Hall–Kier alpha value is -0.400. The molecule has 0 aromatic carbocycles. The molecule has 0 spiro atoms. The summed E-state index contributed by atoms with van der Waals surface area (Å²) in [7, 11) is -1.65. The van der Waals surface area contributed by atoms with Gasteiger partial charge in [0.1, 0.15) is 4.90 Å². The van der Waals surface area contributed by atoms with Crippen LogP contribution in [0.1, 0.15) is 12.8 Å². The van der Waals surface area contributed by atoms with Gasteiger partial charge in [-0.15, -0.1) is 0 Å². The predicted molar refractivity (Wildman–Crippen MR) is 63.9 cm³/mol. The van der Waals surface area contributed by atoms with Gasteiger partial charge in [-0.2, -0.15) is 9.40 Å². The molecule has 0 amide bonds. The Morgan fingerprint density at radius 1 is 1.62 bits per heavy atom. The van der Waals surface area contributed by atoms with Crippen molar-refractivity contribution in [3.05, 3.63) is 12.4 Å². The van der Waals surface area contributed by atoms with Gasteiger partial charge in [0.05, 0.1) is 6.20 Å². The zero-order chi connectivity index (χ0) is 11.8. The zero-order valence-electron chi connectivity index (χ0n) is 9.00. The molecule has 0 atom stereocenters. The quantitative estimate of drug-likeness (QED) is 0.762. The second kappa shape index (κ2) is 4.46. The van der Waals surface area contributed by atoms with Gasteiger partial charge in [-0.25, -0.2) is 8.42 Å². The van der Waals surface area contributed by atoms with Crippen LogP contribution in [-0.4, -0.2) is 40.4 Å². The van der Waals surface area contributed by atoms with Crippen LogP contribution in [0.25, 0.3) is 0 Å². The van der Waals surface area contributed by atoms with Crippen LogP contribution in [0.2, 0.25) is 0 Å². The van der Waals surface area contributed by atoms with E-state index >= 15 is 0 Å². The number of hydrogen-bond donors (Lipinski definition) is 0. The first kappa shape index (κ1) is 12.1. The molecule has 1 aromatic heterocycles. The van der Waals surface area contributed by atoms with E-state index in [1.807, 2.05) is 0 Å². The minimum Gasteiger partial charge on any atom is -0.274 e. The Labute approximate surface area is 104 Å². The molecule has 0 saturated heterocycles. The van der Waals surface area contributed by atoms with Crippen LogP contribution in [-0.2, 0) is 17.1 Å². The van der Waals surface area contributed by atoms with E-state index in [9.17, 15) is 8.42 Å². The van der Waals surface area contributed by atoms with Gasteiger partial charge in [-0.1, -0.05) is 15.9 Å². The van der Waals surface area contributed by atoms with E-state index in [0.29, 0.717) is 11.9 Å². The lowest BCUT2D eigenvalue weighted by Crippen LogP contribution is -2.34. The standard InChI is InChI=1S/C9H14BrN3O2S/c1-12-7-9(6-11-12)16(14,15)13(5-4-10)8-2-3-8/h6-8H,2-5H2,1H3. The molecule has 0 unspecified atom stereocenters. The molecule has 0 N–H and O–H groups in total. The molecule has 16 heavy (non-hydrogen) atoms. The largest absolute Gasteiger partial charge is 0.274 e. The third-order valence-corrected chi connectivity index (χ3v) is 4.81. The van der Waals surface area contributed by atoms with E-state index in [0.717, 1.165) is 12.8 Å². The molecule has 1 fully saturated rings. The first-order valence-corrected chi connectivity index (χ1v) is 7.68. The first-order chi connectivity index (χ1) is 7.55. The Morgan fingerprint density at radius 2 is 2.31 bits per heavy atom. The normalized spacial score (nSPS) is 16.9. The predicted octanol–water partition coefficient (Wildman–Crippen LogP) is 0.968. The molecule has 1 aliphatic rings. The number of aryl methyl sites for hydroxylation is 1. The summed E-state index contributed by atoms with van der Waals surface area (Å²) in [4.78, 5) is 0.280. The highest BCUT2D eigenvalue weighted by Crippen LogP contribution is 2.31. The van der Waals surface area contributed by atoms with Crippen molar-refractivity contribution in [1.29, 1.82) is 0 Å². The zero-order valence-corrected chi connectivity index (χ0v) is 11.4. The third-order valence-electron chi connectivity index (χ3n) is 2.55. The molecular formula is C9H14BrN3O2S. The number of sulfonamides is 1. The molecular weight excluding hydrogens is 294 g/mol. The van der Waals surface area contributed by atoms with Gasteiger partial charge >= 0.3 is 0 Å². The van der Waals surface area contributed by atoms with Crippen molar-refractivity contribution in [1.82, 2.24) is 14.1 Å². The number of aromatic nitrogens is 2. The van der Waals surface area contributed by atoms with Gasteiger partial charge in [0.2, 0.25) is 10.0 Å². The molecule has 1 heterocycles. The van der Waals surface area contributed by atoms with Crippen molar-refractivity contribution in [2.75, 3.05) is 11.9 Å². The Bertz CT molecular complexity index is 467. The number of alkyl halides is 1. The summed E-state index contributed by atoms with van der Waals surface area (Å²) in [5.41, 5.74) is 0. The Morgan fingerprint density at radius 3 is 2.75 bits per heavy atom. The maximum Gasteiger partial charge on any atom is 0.246 e. The summed E-state index contributed by atoms with van der Waals surface area (Å²) < 4.78 is 27.6. The molecule has 5 nitrogen and oxygen atoms in total. The van der Waals surface area contributed by atoms with E-state index in [2.05, 4.69) is 21.0 Å². The molecule has 1 aliphatic carbocycles. The third kappa shape index (κ3) is 2.31. The lowest BCUT2D eigenvalue weighted by molar-refractivity contribution is 0.424. The fraction of sp³-hybridized carbons (Fsp3) is 0.667. The van der Waals surface area contributed by atoms with Crippen molar-refractivity contribution in [3.63, 3.8) is 0 Å². The second-order valence-electron chi connectivity index (χ2n) is 3.89.